The number of rotatable bonds is 5. The van der Waals surface area contributed by atoms with E-state index in [0.29, 0.717) is 0 Å². The summed E-state index contributed by atoms with van der Waals surface area (Å²) in [6.07, 6.45) is -1.72. The maximum absolute atomic E-state index is 12.3. The Morgan fingerprint density at radius 3 is 1.70 bits per heavy atom. The van der Waals surface area contributed by atoms with E-state index in [-0.39, 0.29) is 29.2 Å². The number of carbonyl (C=O) groups excluding carboxylic acids is 4. The van der Waals surface area contributed by atoms with Gasteiger partial charge in [-0.15, -0.1) is 0 Å². The molecule has 0 radical (unpaired) electrons. The molecule has 2 aromatic carbocycles. The number of para-hydroxylation sites is 2. The van der Waals surface area contributed by atoms with Crippen molar-refractivity contribution in [3.63, 3.8) is 0 Å². The van der Waals surface area contributed by atoms with E-state index in [1.54, 1.807) is 13.0 Å². The number of benzene rings is 2. The number of hydrogen-bond acceptors (Lipinski definition) is 9. The van der Waals surface area contributed by atoms with Gasteiger partial charge in [-0.3, -0.25) is 0 Å². The van der Waals surface area contributed by atoms with E-state index in [1.807, 2.05) is 0 Å². The minimum Gasteiger partial charge on any atom is -0.434 e. The van der Waals surface area contributed by atoms with Crippen molar-refractivity contribution in [3.05, 3.63) is 59.7 Å². The number of amides is 1. The Morgan fingerprint density at radius 1 is 0.767 bits per heavy atom. The Hall–Kier alpha value is -4.08. The van der Waals surface area contributed by atoms with Gasteiger partial charge in [-0.2, -0.15) is 0 Å². The van der Waals surface area contributed by atoms with Crippen molar-refractivity contribution in [3.8, 4) is 11.5 Å². The van der Waals surface area contributed by atoms with Crippen LogP contribution in [0.4, 0.5) is 9.59 Å². The monoisotopic (exact) mass is 417 g/mol. The van der Waals surface area contributed by atoms with Crippen LogP contribution in [0.5, 0.6) is 11.5 Å². The fraction of sp³-hybridized carbons (Fsp3) is 0.200. The zero-order valence-corrected chi connectivity index (χ0v) is 16.4. The molecule has 0 saturated carbocycles. The van der Waals surface area contributed by atoms with Crippen LogP contribution in [-0.2, 0) is 14.5 Å². The van der Waals surface area contributed by atoms with Crippen LogP contribution in [0.3, 0.4) is 0 Å². The number of ether oxygens (including phenoxy) is 3. The molecule has 1 amide bonds. The van der Waals surface area contributed by atoms with Crippen LogP contribution in [0, 0.1) is 0 Å². The third kappa shape index (κ3) is 5.96. The molecule has 0 heterocycles. The lowest BCUT2D eigenvalue weighted by Gasteiger charge is -2.13. The van der Waals surface area contributed by atoms with Crippen LogP contribution < -0.4 is 9.47 Å². The molecule has 0 aromatic heterocycles. The van der Waals surface area contributed by atoms with E-state index in [9.17, 15) is 19.2 Å². The Labute approximate surface area is 171 Å². The molecule has 0 N–H and O–H groups in total. The largest absolute Gasteiger partial charge is 0.513 e. The first kappa shape index (κ1) is 22.2. The molecule has 10 heteroatoms. The second-order valence-corrected chi connectivity index (χ2v) is 5.78. The Kier molecular flexibility index (Phi) is 7.74. The van der Waals surface area contributed by atoms with E-state index in [1.165, 1.54) is 61.5 Å². The van der Waals surface area contributed by atoms with Gasteiger partial charge in [0.2, 0.25) is 0 Å². The summed E-state index contributed by atoms with van der Waals surface area (Å²) in [5.74, 6) is -2.39. The van der Waals surface area contributed by atoms with Crippen LogP contribution in [0.25, 0.3) is 0 Å². The van der Waals surface area contributed by atoms with Crippen LogP contribution in [0.1, 0.15) is 27.6 Å². The summed E-state index contributed by atoms with van der Waals surface area (Å²) in [6.45, 7) is 1.68. The highest BCUT2D eigenvalue weighted by Crippen LogP contribution is 2.22. The topological polar surface area (TPSA) is 118 Å². The first-order valence-electron chi connectivity index (χ1n) is 8.68. The van der Waals surface area contributed by atoms with Crippen LogP contribution in [0.2, 0.25) is 0 Å². The molecule has 2 aromatic rings. The van der Waals surface area contributed by atoms with E-state index in [2.05, 4.69) is 14.5 Å². The Bertz CT molecular complexity index is 939. The average Bonchev–Trinajstić information content (AvgIpc) is 2.72. The van der Waals surface area contributed by atoms with Crippen molar-refractivity contribution < 1.29 is 43.2 Å². The van der Waals surface area contributed by atoms with E-state index >= 15 is 0 Å². The predicted molar refractivity (Wildman–Crippen MR) is 101 cm³/mol. The zero-order chi connectivity index (χ0) is 22.1. The van der Waals surface area contributed by atoms with Crippen LogP contribution in [-0.4, -0.2) is 49.8 Å². The van der Waals surface area contributed by atoms with E-state index in [4.69, 9.17) is 9.47 Å². The fourth-order valence-corrected chi connectivity index (χ4v) is 2.04. The first-order chi connectivity index (χ1) is 14.3. The van der Waals surface area contributed by atoms with E-state index in [0.717, 1.165) is 0 Å². The van der Waals surface area contributed by atoms with Crippen molar-refractivity contribution in [1.29, 1.82) is 0 Å². The number of nitrogens with zero attached hydrogens (tertiary/aromatic N) is 1. The van der Waals surface area contributed by atoms with Crippen molar-refractivity contribution >= 4 is 24.2 Å². The van der Waals surface area contributed by atoms with Gasteiger partial charge in [-0.05, 0) is 31.2 Å². The third-order valence-corrected chi connectivity index (χ3v) is 3.42. The van der Waals surface area contributed by atoms with Crippen molar-refractivity contribution in [2.75, 3.05) is 20.7 Å². The van der Waals surface area contributed by atoms with Crippen LogP contribution in [0.15, 0.2) is 48.5 Å². The highest BCUT2D eigenvalue weighted by atomic mass is 17.2. The molecule has 2 rings (SSSR count). The van der Waals surface area contributed by atoms with E-state index < -0.39 is 24.2 Å². The number of hydrogen-bond donors (Lipinski definition) is 0. The summed E-state index contributed by atoms with van der Waals surface area (Å²) in [6, 6.07) is 11.4. The van der Waals surface area contributed by atoms with Gasteiger partial charge in [-0.25, -0.2) is 29.0 Å². The quantitative estimate of drug-likeness (QED) is 0.313. The second-order valence-electron chi connectivity index (χ2n) is 5.78. The molecule has 10 nitrogen and oxygen atoms in total. The summed E-state index contributed by atoms with van der Waals surface area (Å²) >= 11 is 0. The molecule has 158 valence electrons. The lowest BCUT2D eigenvalue weighted by Crippen LogP contribution is -2.26. The average molecular weight is 417 g/mol. The summed E-state index contributed by atoms with van der Waals surface area (Å²) in [7, 11) is 2.95. The summed E-state index contributed by atoms with van der Waals surface area (Å²) < 4.78 is 14.7. The predicted octanol–water partition coefficient (Wildman–Crippen LogP) is 3.21. The molecule has 0 spiro atoms. The van der Waals surface area contributed by atoms with Gasteiger partial charge < -0.3 is 19.1 Å². The van der Waals surface area contributed by atoms with Gasteiger partial charge in [0.05, 0.1) is 6.61 Å². The minimum absolute atomic E-state index is 0.0803. The SMILES string of the molecule is CCOC(=O)Oc1ccccc1C(=O)OOC(=O)c1ccccc1OC(=O)N(C)C. The molecule has 30 heavy (non-hydrogen) atoms. The van der Waals surface area contributed by atoms with Gasteiger partial charge in [0.25, 0.3) is 0 Å². The molecule has 0 aliphatic carbocycles. The molecule has 0 saturated heterocycles. The van der Waals surface area contributed by atoms with Crippen molar-refractivity contribution in [1.82, 2.24) is 4.90 Å². The highest BCUT2D eigenvalue weighted by Gasteiger charge is 2.22. The van der Waals surface area contributed by atoms with Crippen LogP contribution >= 0.6 is 0 Å². The standard InChI is InChI=1S/C20H19NO9/c1-4-26-20(25)28-16-12-8-6-10-14(16)18(23)30-29-17(22)13-9-5-7-11-15(13)27-19(24)21(2)3/h5-12H,4H2,1-3H3. The Morgan fingerprint density at radius 2 is 1.23 bits per heavy atom. The molecule has 0 aliphatic rings. The Balaban J connectivity index is 2.08. The summed E-state index contributed by atoms with van der Waals surface area (Å²) in [5.41, 5.74) is -0.317. The molecule has 0 aliphatic heterocycles. The fourth-order valence-electron chi connectivity index (χ4n) is 2.04. The molecule has 0 fully saturated rings. The molecular formula is C20H19NO9. The smallest absolute Gasteiger partial charge is 0.434 e. The summed E-state index contributed by atoms with van der Waals surface area (Å²) in [4.78, 5) is 58.1. The maximum Gasteiger partial charge on any atom is 0.513 e. The minimum atomic E-state index is -1.09. The normalized spacial score (nSPS) is 9.83. The molecule has 0 bridgehead atoms. The zero-order valence-electron chi connectivity index (χ0n) is 16.4. The van der Waals surface area contributed by atoms with Gasteiger partial charge in [0.15, 0.2) is 0 Å². The van der Waals surface area contributed by atoms with Gasteiger partial charge in [0.1, 0.15) is 22.6 Å². The lowest BCUT2D eigenvalue weighted by atomic mass is 10.2. The van der Waals surface area contributed by atoms with Crippen molar-refractivity contribution in [2.24, 2.45) is 0 Å². The molecule has 0 atom stereocenters. The second kappa shape index (κ2) is 10.5. The van der Waals surface area contributed by atoms with Gasteiger partial charge >= 0.3 is 24.2 Å². The highest BCUT2D eigenvalue weighted by molar-refractivity contribution is 5.96. The third-order valence-electron chi connectivity index (χ3n) is 3.42. The van der Waals surface area contributed by atoms with Crippen molar-refractivity contribution in [2.45, 2.75) is 6.92 Å². The summed E-state index contributed by atoms with van der Waals surface area (Å²) in [5, 5.41) is 0. The number of carbonyl (C=O) groups is 4. The molecular weight excluding hydrogens is 398 g/mol. The van der Waals surface area contributed by atoms with Gasteiger partial charge in [-0.1, -0.05) is 24.3 Å². The lowest BCUT2D eigenvalue weighted by molar-refractivity contribution is -0.187. The molecule has 0 unspecified atom stereocenters. The maximum atomic E-state index is 12.3. The first-order valence-corrected chi connectivity index (χ1v) is 8.68. The van der Waals surface area contributed by atoms with Gasteiger partial charge in [0, 0.05) is 14.1 Å².